The van der Waals surface area contributed by atoms with E-state index in [2.05, 4.69) is 24.0 Å². The second-order valence-electron chi connectivity index (χ2n) is 4.22. The minimum atomic E-state index is 0.0981. The molecule has 1 aliphatic heterocycles. The Hall–Kier alpha value is -1.30. The Morgan fingerprint density at radius 2 is 1.87 bits per heavy atom. The summed E-state index contributed by atoms with van der Waals surface area (Å²) in [5.74, 6) is 7.24. The quantitative estimate of drug-likeness (QED) is 0.643. The van der Waals surface area contributed by atoms with E-state index in [0.717, 1.165) is 0 Å². The molecular weight excluding hydrogens is 194 g/mol. The molecule has 84 valence electrons. The zero-order valence-corrected chi connectivity index (χ0v) is 9.21. The number of hydrogen-bond donors (Lipinski definition) is 2. The van der Waals surface area contributed by atoms with Gasteiger partial charge in [0.2, 0.25) is 5.95 Å². The minimum absolute atomic E-state index is 0.0981. The molecule has 0 amide bonds. The number of rotatable bonds is 1. The number of nitrogen functional groups attached to an aromatic ring is 2. The van der Waals surface area contributed by atoms with Crippen molar-refractivity contribution >= 4 is 5.95 Å². The SMILES string of the molecule is CC1OC(C)C(c2nnc(N)n2N)C1C. The Kier molecular flexibility index (Phi) is 2.30. The van der Waals surface area contributed by atoms with Crippen LogP contribution in [0.25, 0.3) is 0 Å². The summed E-state index contributed by atoms with van der Waals surface area (Å²) in [7, 11) is 0. The highest BCUT2D eigenvalue weighted by atomic mass is 16.5. The molecule has 4 unspecified atom stereocenters. The van der Waals surface area contributed by atoms with Gasteiger partial charge in [0.15, 0.2) is 5.82 Å². The van der Waals surface area contributed by atoms with Crippen molar-refractivity contribution < 1.29 is 4.74 Å². The summed E-state index contributed by atoms with van der Waals surface area (Å²) in [4.78, 5) is 0. The van der Waals surface area contributed by atoms with Crippen molar-refractivity contribution in [3.63, 3.8) is 0 Å². The average molecular weight is 211 g/mol. The van der Waals surface area contributed by atoms with Gasteiger partial charge in [0, 0.05) is 0 Å². The van der Waals surface area contributed by atoms with Crippen LogP contribution in [-0.2, 0) is 4.74 Å². The van der Waals surface area contributed by atoms with E-state index >= 15 is 0 Å². The van der Waals surface area contributed by atoms with Crippen molar-refractivity contribution in [3.8, 4) is 0 Å². The molecule has 0 radical (unpaired) electrons. The first-order valence-electron chi connectivity index (χ1n) is 5.13. The smallest absolute Gasteiger partial charge is 0.240 e. The van der Waals surface area contributed by atoms with E-state index in [1.165, 1.54) is 4.68 Å². The highest BCUT2D eigenvalue weighted by Gasteiger charge is 2.40. The number of nitrogens with zero attached hydrogens (tertiary/aromatic N) is 3. The number of nitrogens with two attached hydrogens (primary N) is 2. The second-order valence-corrected chi connectivity index (χ2v) is 4.22. The van der Waals surface area contributed by atoms with Crippen LogP contribution in [0.15, 0.2) is 0 Å². The van der Waals surface area contributed by atoms with E-state index < -0.39 is 0 Å². The zero-order valence-electron chi connectivity index (χ0n) is 9.21. The van der Waals surface area contributed by atoms with Gasteiger partial charge in [-0.2, -0.15) is 0 Å². The summed E-state index contributed by atoms with van der Waals surface area (Å²) in [6.45, 7) is 6.21. The normalized spacial score (nSPS) is 35.9. The molecule has 1 aliphatic rings. The van der Waals surface area contributed by atoms with Gasteiger partial charge in [0.05, 0.1) is 18.1 Å². The molecule has 0 aliphatic carbocycles. The van der Waals surface area contributed by atoms with Crippen molar-refractivity contribution in [3.05, 3.63) is 5.82 Å². The van der Waals surface area contributed by atoms with Crippen molar-refractivity contribution in [2.45, 2.75) is 38.9 Å². The fourth-order valence-corrected chi connectivity index (χ4v) is 2.26. The Morgan fingerprint density at radius 3 is 2.27 bits per heavy atom. The molecule has 2 heterocycles. The molecule has 4 N–H and O–H groups in total. The van der Waals surface area contributed by atoms with Gasteiger partial charge >= 0.3 is 0 Å². The van der Waals surface area contributed by atoms with Gasteiger partial charge in [0.25, 0.3) is 0 Å². The molecule has 1 aromatic heterocycles. The Balaban J connectivity index is 2.34. The van der Waals surface area contributed by atoms with E-state index in [1.54, 1.807) is 0 Å². The molecule has 2 rings (SSSR count). The summed E-state index contributed by atoms with van der Waals surface area (Å²) in [5.41, 5.74) is 5.56. The first-order valence-corrected chi connectivity index (χ1v) is 5.13. The lowest BCUT2D eigenvalue weighted by molar-refractivity contribution is 0.0552. The summed E-state index contributed by atoms with van der Waals surface area (Å²) < 4.78 is 7.07. The lowest BCUT2D eigenvalue weighted by Crippen LogP contribution is -2.24. The first kappa shape index (κ1) is 10.2. The van der Waals surface area contributed by atoms with Crippen LogP contribution in [0.1, 0.15) is 32.5 Å². The van der Waals surface area contributed by atoms with Crippen molar-refractivity contribution in [2.24, 2.45) is 5.92 Å². The fourth-order valence-electron chi connectivity index (χ4n) is 2.26. The highest BCUT2D eigenvalue weighted by molar-refractivity contribution is 5.21. The molecule has 1 fully saturated rings. The largest absolute Gasteiger partial charge is 0.374 e. The maximum absolute atomic E-state index is 5.76. The molecule has 0 aromatic carbocycles. The Labute approximate surface area is 88.6 Å². The molecule has 0 spiro atoms. The van der Waals surface area contributed by atoms with Crippen molar-refractivity contribution in [2.75, 3.05) is 11.6 Å². The average Bonchev–Trinajstić information content (AvgIpc) is 2.60. The van der Waals surface area contributed by atoms with Gasteiger partial charge in [-0.1, -0.05) is 6.92 Å². The minimum Gasteiger partial charge on any atom is -0.374 e. The van der Waals surface area contributed by atoms with Crippen LogP contribution in [0, 0.1) is 5.92 Å². The second kappa shape index (κ2) is 3.37. The molecule has 0 bridgehead atoms. The zero-order chi connectivity index (χ0) is 11.2. The van der Waals surface area contributed by atoms with Crippen LogP contribution in [0.4, 0.5) is 5.95 Å². The molecule has 1 aromatic rings. The molecular formula is C9H17N5O. The molecule has 6 heteroatoms. The molecule has 1 saturated heterocycles. The summed E-state index contributed by atoms with van der Waals surface area (Å²) >= 11 is 0. The maximum atomic E-state index is 5.76. The third kappa shape index (κ3) is 1.45. The topological polar surface area (TPSA) is 92.0 Å². The van der Waals surface area contributed by atoms with Crippen molar-refractivity contribution in [1.82, 2.24) is 14.9 Å². The van der Waals surface area contributed by atoms with E-state index in [0.29, 0.717) is 11.7 Å². The first-order chi connectivity index (χ1) is 7.02. The summed E-state index contributed by atoms with van der Waals surface area (Å²) in [6, 6.07) is 0. The van der Waals surface area contributed by atoms with Crippen molar-refractivity contribution in [1.29, 1.82) is 0 Å². The van der Waals surface area contributed by atoms with Gasteiger partial charge in [-0.05, 0) is 19.8 Å². The lowest BCUT2D eigenvalue weighted by Gasteiger charge is -2.16. The number of ether oxygens (including phenoxy) is 1. The van der Waals surface area contributed by atoms with Gasteiger partial charge in [-0.3, -0.25) is 0 Å². The monoisotopic (exact) mass is 211 g/mol. The van der Waals surface area contributed by atoms with E-state index in [-0.39, 0.29) is 24.1 Å². The predicted molar refractivity (Wildman–Crippen MR) is 56.5 cm³/mol. The van der Waals surface area contributed by atoms with E-state index in [1.807, 2.05) is 6.92 Å². The van der Waals surface area contributed by atoms with Gasteiger partial charge in [0.1, 0.15) is 0 Å². The van der Waals surface area contributed by atoms with Gasteiger partial charge in [-0.25, -0.2) is 4.68 Å². The standard InChI is InChI=1S/C9H17N5O/c1-4-5(2)15-6(3)7(4)8-12-13-9(10)14(8)11/h4-7H,11H2,1-3H3,(H2,10,13). The Bertz CT molecular complexity index is 363. The highest BCUT2D eigenvalue weighted by Crippen LogP contribution is 2.38. The number of hydrogen-bond acceptors (Lipinski definition) is 5. The predicted octanol–water partition coefficient (Wildman–Crippen LogP) is 0.101. The molecule has 6 nitrogen and oxygen atoms in total. The van der Waals surface area contributed by atoms with Crippen LogP contribution in [0.5, 0.6) is 0 Å². The summed E-state index contributed by atoms with van der Waals surface area (Å²) in [5, 5.41) is 7.78. The summed E-state index contributed by atoms with van der Waals surface area (Å²) in [6.07, 6.45) is 0.309. The molecule has 15 heavy (non-hydrogen) atoms. The van der Waals surface area contributed by atoms with Crippen LogP contribution in [0.3, 0.4) is 0 Å². The van der Waals surface area contributed by atoms with Crippen LogP contribution < -0.4 is 11.6 Å². The van der Waals surface area contributed by atoms with Gasteiger partial charge in [-0.15, -0.1) is 10.2 Å². The van der Waals surface area contributed by atoms with Gasteiger partial charge < -0.3 is 16.3 Å². The maximum Gasteiger partial charge on any atom is 0.240 e. The molecule has 4 atom stereocenters. The third-order valence-electron chi connectivity index (χ3n) is 3.29. The number of aromatic nitrogens is 3. The van der Waals surface area contributed by atoms with Crippen LogP contribution >= 0.6 is 0 Å². The third-order valence-corrected chi connectivity index (χ3v) is 3.29. The van der Waals surface area contributed by atoms with Crippen LogP contribution in [-0.4, -0.2) is 27.1 Å². The van der Waals surface area contributed by atoms with E-state index in [9.17, 15) is 0 Å². The Morgan fingerprint density at radius 1 is 1.20 bits per heavy atom. The van der Waals surface area contributed by atoms with E-state index in [4.69, 9.17) is 16.3 Å². The molecule has 0 saturated carbocycles. The fraction of sp³-hybridized carbons (Fsp3) is 0.778. The lowest BCUT2D eigenvalue weighted by atomic mass is 9.89. The number of anilines is 1. The van der Waals surface area contributed by atoms with Crippen LogP contribution in [0.2, 0.25) is 0 Å².